The van der Waals surface area contributed by atoms with Gasteiger partial charge in [0.2, 0.25) is 5.96 Å². The summed E-state index contributed by atoms with van der Waals surface area (Å²) in [6, 6.07) is 0. The van der Waals surface area contributed by atoms with Gasteiger partial charge < -0.3 is 15.2 Å². The standard InChI is InChI=1S/C14H19N5O4/c1-8(7-22-9(2)20)4-5-12-17-11-6-16-13(15)19-14(11,18-12)23-10(3)21/h6,8H,4-5,7H2,1-3H3,(H2,15,19). The molecule has 2 heterocycles. The van der Waals surface area contributed by atoms with E-state index in [1.807, 2.05) is 6.92 Å². The maximum atomic E-state index is 11.3. The third-order valence-electron chi connectivity index (χ3n) is 3.17. The van der Waals surface area contributed by atoms with Crippen LogP contribution in [0, 0.1) is 5.92 Å². The van der Waals surface area contributed by atoms with Crippen LogP contribution in [0.4, 0.5) is 0 Å². The van der Waals surface area contributed by atoms with Gasteiger partial charge in [-0.25, -0.2) is 9.98 Å². The Hall–Kier alpha value is -2.58. The van der Waals surface area contributed by atoms with Crippen molar-refractivity contribution in [1.82, 2.24) is 0 Å². The lowest BCUT2D eigenvalue weighted by Gasteiger charge is -2.23. The number of rotatable bonds is 6. The Morgan fingerprint density at radius 1 is 1.30 bits per heavy atom. The molecule has 9 nitrogen and oxygen atoms in total. The first-order valence-electron chi connectivity index (χ1n) is 7.21. The number of hydrogen-bond donors (Lipinski definition) is 1. The molecule has 2 N–H and O–H groups in total. The average molecular weight is 321 g/mol. The van der Waals surface area contributed by atoms with Crippen molar-refractivity contribution >= 4 is 35.7 Å². The summed E-state index contributed by atoms with van der Waals surface area (Å²) in [6.45, 7) is 4.92. The quantitative estimate of drug-likeness (QED) is 0.710. The van der Waals surface area contributed by atoms with Crippen LogP contribution in [-0.2, 0) is 19.1 Å². The van der Waals surface area contributed by atoms with Crippen molar-refractivity contribution in [1.29, 1.82) is 0 Å². The number of nitrogens with zero attached hydrogens (tertiary/aromatic N) is 4. The number of carbonyl (C=O) groups excluding carboxylic acids is 2. The normalized spacial score (nSPS) is 23.3. The van der Waals surface area contributed by atoms with Crippen molar-refractivity contribution in [3.8, 4) is 0 Å². The SMILES string of the molecule is CC(=O)OCC(C)CCC1=NC2(OC(C)=O)N=C(N)N=CC2=N1. The molecule has 23 heavy (non-hydrogen) atoms. The second-order valence-electron chi connectivity index (χ2n) is 5.40. The van der Waals surface area contributed by atoms with E-state index in [-0.39, 0.29) is 17.8 Å². The lowest BCUT2D eigenvalue weighted by molar-refractivity contribution is -0.149. The van der Waals surface area contributed by atoms with E-state index in [0.717, 1.165) is 0 Å². The Morgan fingerprint density at radius 2 is 2.04 bits per heavy atom. The third-order valence-corrected chi connectivity index (χ3v) is 3.17. The largest absolute Gasteiger partial charge is 0.466 e. The van der Waals surface area contributed by atoms with Crippen LogP contribution < -0.4 is 5.73 Å². The Labute approximate surface area is 133 Å². The lowest BCUT2D eigenvalue weighted by atomic mass is 10.1. The number of ether oxygens (including phenoxy) is 2. The van der Waals surface area contributed by atoms with Crippen LogP contribution in [-0.4, -0.2) is 48.1 Å². The molecule has 0 fully saturated rings. The summed E-state index contributed by atoms with van der Waals surface area (Å²) < 4.78 is 10.2. The van der Waals surface area contributed by atoms with Gasteiger partial charge in [0.25, 0.3) is 0 Å². The Balaban J connectivity index is 2.05. The summed E-state index contributed by atoms with van der Waals surface area (Å²) in [6.07, 6.45) is 2.62. The topological polar surface area (TPSA) is 128 Å². The van der Waals surface area contributed by atoms with Gasteiger partial charge in [0.1, 0.15) is 5.84 Å². The molecule has 2 atom stereocenters. The zero-order valence-corrected chi connectivity index (χ0v) is 13.3. The van der Waals surface area contributed by atoms with Gasteiger partial charge >= 0.3 is 17.8 Å². The molecule has 0 aromatic heterocycles. The van der Waals surface area contributed by atoms with Crippen LogP contribution >= 0.6 is 0 Å². The molecule has 0 aliphatic carbocycles. The molecule has 0 amide bonds. The highest BCUT2D eigenvalue weighted by Gasteiger charge is 2.45. The molecular formula is C14H19N5O4. The van der Waals surface area contributed by atoms with Gasteiger partial charge in [-0.05, 0) is 12.3 Å². The second kappa shape index (κ2) is 6.67. The van der Waals surface area contributed by atoms with E-state index >= 15 is 0 Å². The van der Waals surface area contributed by atoms with Crippen molar-refractivity contribution in [3.63, 3.8) is 0 Å². The predicted molar refractivity (Wildman–Crippen MR) is 84.5 cm³/mol. The van der Waals surface area contributed by atoms with Crippen LogP contribution in [0.25, 0.3) is 0 Å². The molecule has 0 saturated heterocycles. The summed E-state index contributed by atoms with van der Waals surface area (Å²) in [5, 5.41) is 0. The fourth-order valence-electron chi connectivity index (χ4n) is 2.10. The van der Waals surface area contributed by atoms with Gasteiger partial charge in [-0.15, -0.1) is 0 Å². The minimum atomic E-state index is -1.55. The Bertz CT molecular complexity index is 637. The summed E-state index contributed by atoms with van der Waals surface area (Å²) in [4.78, 5) is 38.6. The molecule has 2 aliphatic rings. The van der Waals surface area contributed by atoms with E-state index in [2.05, 4.69) is 20.0 Å². The van der Waals surface area contributed by atoms with Crippen molar-refractivity contribution in [2.75, 3.05) is 6.61 Å². The van der Waals surface area contributed by atoms with Crippen LogP contribution in [0.15, 0.2) is 20.0 Å². The Morgan fingerprint density at radius 3 is 2.70 bits per heavy atom. The first kappa shape index (κ1) is 16.8. The Kier molecular flexibility index (Phi) is 4.87. The smallest absolute Gasteiger partial charge is 0.353 e. The number of fused-ring (bicyclic) bond motifs is 1. The summed E-state index contributed by atoms with van der Waals surface area (Å²) in [5.41, 5.74) is 5.90. The maximum Gasteiger partial charge on any atom is 0.353 e. The van der Waals surface area contributed by atoms with E-state index in [1.165, 1.54) is 20.1 Å². The third kappa shape index (κ3) is 4.21. The van der Waals surface area contributed by atoms with Crippen molar-refractivity contribution < 1.29 is 19.1 Å². The van der Waals surface area contributed by atoms with Crippen molar-refractivity contribution in [2.45, 2.75) is 39.5 Å². The van der Waals surface area contributed by atoms with E-state index in [9.17, 15) is 9.59 Å². The number of amidine groups is 1. The highest BCUT2D eigenvalue weighted by molar-refractivity contribution is 6.40. The molecule has 0 bridgehead atoms. The van der Waals surface area contributed by atoms with Crippen LogP contribution in [0.1, 0.15) is 33.6 Å². The van der Waals surface area contributed by atoms with Gasteiger partial charge in [-0.3, -0.25) is 9.59 Å². The maximum absolute atomic E-state index is 11.3. The zero-order chi connectivity index (χ0) is 17.0. The van der Waals surface area contributed by atoms with E-state index in [0.29, 0.717) is 31.0 Å². The summed E-state index contributed by atoms with van der Waals surface area (Å²) >= 11 is 0. The van der Waals surface area contributed by atoms with Crippen LogP contribution in [0.3, 0.4) is 0 Å². The number of nitrogens with two attached hydrogens (primary N) is 1. The van der Waals surface area contributed by atoms with Crippen LogP contribution in [0.2, 0.25) is 0 Å². The molecule has 124 valence electrons. The summed E-state index contributed by atoms with van der Waals surface area (Å²) in [5.74, 6) is -1.80. The van der Waals surface area contributed by atoms with E-state index < -0.39 is 11.8 Å². The first-order chi connectivity index (χ1) is 10.8. The molecule has 0 aromatic carbocycles. The average Bonchev–Trinajstić information content (AvgIpc) is 2.79. The predicted octanol–water partition coefficient (Wildman–Crippen LogP) is 0.435. The zero-order valence-electron chi connectivity index (χ0n) is 13.3. The fourth-order valence-corrected chi connectivity index (χ4v) is 2.10. The molecule has 0 spiro atoms. The minimum absolute atomic E-state index is 0.0292. The molecule has 2 aliphatic heterocycles. The molecule has 2 unspecified atom stereocenters. The molecule has 2 rings (SSSR count). The fraction of sp³-hybridized carbons (Fsp3) is 0.571. The lowest BCUT2D eigenvalue weighted by Crippen LogP contribution is -2.42. The highest BCUT2D eigenvalue weighted by Crippen LogP contribution is 2.27. The minimum Gasteiger partial charge on any atom is -0.466 e. The van der Waals surface area contributed by atoms with Gasteiger partial charge in [-0.2, -0.15) is 9.98 Å². The molecule has 9 heteroatoms. The van der Waals surface area contributed by atoms with Crippen LogP contribution in [0.5, 0.6) is 0 Å². The molecule has 0 saturated carbocycles. The highest BCUT2D eigenvalue weighted by atomic mass is 16.6. The van der Waals surface area contributed by atoms with Gasteiger partial charge in [0.05, 0.1) is 12.8 Å². The monoisotopic (exact) mass is 321 g/mol. The number of guanidine groups is 1. The molecule has 0 aromatic rings. The van der Waals surface area contributed by atoms with Crippen molar-refractivity contribution in [2.24, 2.45) is 31.6 Å². The molecule has 0 radical (unpaired) electrons. The van der Waals surface area contributed by atoms with Gasteiger partial charge in [-0.1, -0.05) is 6.92 Å². The van der Waals surface area contributed by atoms with Crippen molar-refractivity contribution in [3.05, 3.63) is 0 Å². The van der Waals surface area contributed by atoms with E-state index in [1.54, 1.807) is 0 Å². The number of carbonyl (C=O) groups is 2. The summed E-state index contributed by atoms with van der Waals surface area (Å²) in [7, 11) is 0. The van der Waals surface area contributed by atoms with Gasteiger partial charge in [0.15, 0.2) is 5.71 Å². The first-order valence-corrected chi connectivity index (χ1v) is 7.21. The van der Waals surface area contributed by atoms with E-state index in [4.69, 9.17) is 15.2 Å². The second-order valence-corrected chi connectivity index (χ2v) is 5.40. The number of esters is 2. The van der Waals surface area contributed by atoms with Gasteiger partial charge in [0, 0.05) is 20.3 Å². The number of hydrogen-bond acceptors (Lipinski definition) is 9. The number of aliphatic imine (C=N–C) groups is 4. The molecular weight excluding hydrogens is 302 g/mol.